The van der Waals surface area contributed by atoms with Crippen LogP contribution >= 0.6 is 0 Å². The van der Waals surface area contributed by atoms with Crippen LogP contribution in [0.5, 0.6) is 0 Å². The summed E-state index contributed by atoms with van der Waals surface area (Å²) in [5, 5.41) is 3.80. The van der Waals surface area contributed by atoms with Gasteiger partial charge in [-0.05, 0) is 37.6 Å². The highest BCUT2D eigenvalue weighted by atomic mass is 14.9. The number of hydrogen-bond donors (Lipinski definition) is 1. The molecule has 2 atom stereocenters. The molecule has 0 amide bonds. The molecule has 0 spiro atoms. The van der Waals surface area contributed by atoms with Crippen molar-refractivity contribution in [2.75, 3.05) is 6.54 Å². The van der Waals surface area contributed by atoms with Crippen LogP contribution in [0.15, 0.2) is 0 Å². The smallest absolute Gasteiger partial charge is 0.0121 e. The summed E-state index contributed by atoms with van der Waals surface area (Å²) in [4.78, 5) is 0. The van der Waals surface area contributed by atoms with E-state index in [-0.39, 0.29) is 0 Å². The first-order chi connectivity index (χ1) is 8.23. The summed E-state index contributed by atoms with van der Waals surface area (Å²) in [6.07, 6.45) is 14.0. The summed E-state index contributed by atoms with van der Waals surface area (Å²) in [7, 11) is 0. The predicted molar refractivity (Wildman–Crippen MR) is 77.4 cm³/mol. The fraction of sp³-hybridized carbons (Fsp3) is 1.00. The van der Waals surface area contributed by atoms with Crippen LogP contribution in [0.4, 0.5) is 0 Å². The van der Waals surface area contributed by atoms with Gasteiger partial charge < -0.3 is 5.32 Å². The molecule has 0 radical (unpaired) electrons. The molecular formula is C16H33N. The zero-order valence-corrected chi connectivity index (χ0v) is 12.4. The average molecular weight is 239 g/mol. The van der Waals surface area contributed by atoms with Gasteiger partial charge in [-0.1, -0.05) is 59.3 Å². The second kappa shape index (κ2) is 8.13. The quantitative estimate of drug-likeness (QED) is 0.594. The van der Waals surface area contributed by atoms with Crippen molar-refractivity contribution in [2.24, 2.45) is 5.41 Å². The van der Waals surface area contributed by atoms with Crippen LogP contribution in [0.2, 0.25) is 0 Å². The van der Waals surface area contributed by atoms with E-state index in [1.165, 1.54) is 70.8 Å². The Morgan fingerprint density at radius 3 is 2.29 bits per heavy atom. The average Bonchev–Trinajstić information content (AvgIpc) is 2.38. The van der Waals surface area contributed by atoms with Gasteiger partial charge in [0.15, 0.2) is 0 Å². The second-order valence-electron chi connectivity index (χ2n) is 6.22. The molecule has 102 valence electrons. The molecule has 0 bridgehead atoms. The summed E-state index contributed by atoms with van der Waals surface area (Å²) in [5.41, 5.74) is 0.561. The molecule has 1 aliphatic rings. The molecule has 0 saturated carbocycles. The third kappa shape index (κ3) is 4.99. The Balaban J connectivity index is 2.48. The van der Waals surface area contributed by atoms with E-state index in [4.69, 9.17) is 0 Å². The van der Waals surface area contributed by atoms with Crippen molar-refractivity contribution >= 4 is 0 Å². The number of rotatable bonds is 8. The number of unbranched alkanes of at least 4 members (excludes halogenated alkanes) is 3. The van der Waals surface area contributed by atoms with Crippen LogP contribution in [-0.2, 0) is 0 Å². The second-order valence-corrected chi connectivity index (χ2v) is 6.22. The maximum absolute atomic E-state index is 3.80. The van der Waals surface area contributed by atoms with Gasteiger partial charge in [-0.2, -0.15) is 0 Å². The minimum atomic E-state index is 0.561. The zero-order valence-electron chi connectivity index (χ0n) is 12.4. The molecular weight excluding hydrogens is 206 g/mol. The van der Waals surface area contributed by atoms with Crippen molar-refractivity contribution in [1.29, 1.82) is 0 Å². The Kier molecular flexibility index (Phi) is 7.18. The van der Waals surface area contributed by atoms with Gasteiger partial charge >= 0.3 is 0 Å². The van der Waals surface area contributed by atoms with Crippen molar-refractivity contribution in [3.63, 3.8) is 0 Å². The molecule has 2 unspecified atom stereocenters. The summed E-state index contributed by atoms with van der Waals surface area (Å²) in [6.45, 7) is 8.42. The molecule has 1 heteroatoms. The normalized spacial score (nSPS) is 24.5. The summed E-state index contributed by atoms with van der Waals surface area (Å²) < 4.78 is 0. The van der Waals surface area contributed by atoms with Crippen LogP contribution in [-0.4, -0.2) is 12.6 Å². The Bertz CT molecular complexity index is 184. The first-order valence-electron chi connectivity index (χ1n) is 7.96. The lowest BCUT2D eigenvalue weighted by Gasteiger charge is -2.41. The van der Waals surface area contributed by atoms with Crippen molar-refractivity contribution in [3.8, 4) is 0 Å². The maximum Gasteiger partial charge on any atom is 0.0121 e. The molecule has 0 aliphatic carbocycles. The zero-order chi connectivity index (χ0) is 12.6. The molecule has 1 N–H and O–H groups in total. The lowest BCUT2D eigenvalue weighted by Crippen LogP contribution is -2.46. The van der Waals surface area contributed by atoms with Gasteiger partial charge in [0.1, 0.15) is 0 Å². The molecule has 1 aliphatic heterocycles. The molecule has 1 heterocycles. The van der Waals surface area contributed by atoms with E-state index in [0.717, 1.165) is 6.04 Å². The fourth-order valence-electron chi connectivity index (χ4n) is 3.28. The van der Waals surface area contributed by atoms with E-state index in [0.29, 0.717) is 5.41 Å². The molecule has 0 aromatic rings. The predicted octanol–water partition coefficient (Wildman–Crippen LogP) is 4.91. The Hall–Kier alpha value is -0.0400. The monoisotopic (exact) mass is 239 g/mol. The number of nitrogens with one attached hydrogen (secondary N) is 1. The van der Waals surface area contributed by atoms with Crippen LogP contribution in [0.25, 0.3) is 0 Å². The first-order valence-corrected chi connectivity index (χ1v) is 7.96. The lowest BCUT2D eigenvalue weighted by molar-refractivity contribution is 0.145. The van der Waals surface area contributed by atoms with E-state index in [9.17, 15) is 0 Å². The highest BCUT2D eigenvalue weighted by molar-refractivity contribution is 4.89. The van der Waals surface area contributed by atoms with E-state index >= 15 is 0 Å². The van der Waals surface area contributed by atoms with Gasteiger partial charge in [0.25, 0.3) is 0 Å². The van der Waals surface area contributed by atoms with Crippen LogP contribution in [0.1, 0.15) is 85.0 Å². The van der Waals surface area contributed by atoms with E-state index in [1.54, 1.807) is 0 Å². The molecule has 1 rings (SSSR count). The van der Waals surface area contributed by atoms with Gasteiger partial charge in [-0.3, -0.25) is 0 Å². The minimum Gasteiger partial charge on any atom is -0.313 e. The van der Waals surface area contributed by atoms with Gasteiger partial charge in [0, 0.05) is 6.04 Å². The highest BCUT2D eigenvalue weighted by Crippen LogP contribution is 2.37. The lowest BCUT2D eigenvalue weighted by atomic mass is 9.71. The van der Waals surface area contributed by atoms with E-state index < -0.39 is 0 Å². The maximum atomic E-state index is 3.80. The molecule has 0 aromatic heterocycles. The fourth-order valence-corrected chi connectivity index (χ4v) is 3.28. The SMILES string of the molecule is CCCCCC(C)(CCCC)C1CCCCN1. The van der Waals surface area contributed by atoms with Crippen molar-refractivity contribution in [3.05, 3.63) is 0 Å². The Morgan fingerprint density at radius 1 is 1.00 bits per heavy atom. The van der Waals surface area contributed by atoms with Crippen LogP contribution in [0, 0.1) is 5.41 Å². The molecule has 1 saturated heterocycles. The largest absolute Gasteiger partial charge is 0.313 e. The van der Waals surface area contributed by atoms with Crippen LogP contribution < -0.4 is 5.32 Å². The Labute approximate surface area is 109 Å². The third-order valence-corrected chi connectivity index (χ3v) is 4.60. The summed E-state index contributed by atoms with van der Waals surface area (Å²) >= 11 is 0. The first kappa shape index (κ1) is 15.0. The number of piperidine rings is 1. The van der Waals surface area contributed by atoms with Gasteiger partial charge in [-0.25, -0.2) is 0 Å². The molecule has 1 fully saturated rings. The third-order valence-electron chi connectivity index (χ3n) is 4.60. The van der Waals surface area contributed by atoms with Crippen LogP contribution in [0.3, 0.4) is 0 Å². The van der Waals surface area contributed by atoms with Gasteiger partial charge in [0.05, 0.1) is 0 Å². The number of hydrogen-bond acceptors (Lipinski definition) is 1. The van der Waals surface area contributed by atoms with E-state index in [2.05, 4.69) is 26.1 Å². The standard InChI is InChI=1S/C16H33N/c1-4-6-9-13-16(3,12-7-5-2)15-11-8-10-14-17-15/h15,17H,4-14H2,1-3H3. The van der Waals surface area contributed by atoms with E-state index in [1.807, 2.05) is 0 Å². The minimum absolute atomic E-state index is 0.561. The summed E-state index contributed by atoms with van der Waals surface area (Å²) in [5.74, 6) is 0. The van der Waals surface area contributed by atoms with Gasteiger partial charge in [-0.15, -0.1) is 0 Å². The topological polar surface area (TPSA) is 12.0 Å². The van der Waals surface area contributed by atoms with Gasteiger partial charge in [0.2, 0.25) is 0 Å². The molecule has 0 aromatic carbocycles. The highest BCUT2D eigenvalue weighted by Gasteiger charge is 2.33. The molecule has 17 heavy (non-hydrogen) atoms. The van der Waals surface area contributed by atoms with Crippen molar-refractivity contribution in [2.45, 2.75) is 91.0 Å². The Morgan fingerprint density at radius 2 is 1.71 bits per heavy atom. The summed E-state index contributed by atoms with van der Waals surface area (Å²) in [6, 6.07) is 0.791. The molecule has 1 nitrogen and oxygen atoms in total. The van der Waals surface area contributed by atoms with Crippen molar-refractivity contribution in [1.82, 2.24) is 5.32 Å². The van der Waals surface area contributed by atoms with Crippen molar-refractivity contribution < 1.29 is 0 Å².